The summed E-state index contributed by atoms with van der Waals surface area (Å²) in [6, 6.07) is 13.2. The standard InChI is InChI=1S/C28H56O8Si4.C10H12O2/c1-37(9-5-29-13-25-17-33-25)21-38(2,10-6-30-14-26-18-34-26)23-40(4,12-8-32-16-28-20-36-28)24-39(3,22-37)11-7-31-15-27-19-35-27;1-8-4-2-3-5-10(8)12-7-9-6-11-9/h25-28H,5-24H2,1-4H3;2-5,9H,6-7H2,1H3. The van der Waals surface area contributed by atoms with Crippen LogP contribution in [0.2, 0.25) is 73.0 Å². The lowest BCUT2D eigenvalue weighted by Gasteiger charge is -2.51. The van der Waals surface area contributed by atoms with Crippen molar-refractivity contribution in [2.75, 3.05) is 92.5 Å². The molecule has 0 spiro atoms. The second kappa shape index (κ2) is 19.1. The smallest absolute Gasteiger partial charge is 0.122 e. The highest BCUT2D eigenvalue weighted by molar-refractivity contribution is 7.13. The van der Waals surface area contributed by atoms with Crippen LogP contribution in [0.1, 0.15) is 5.56 Å². The topological polar surface area (TPSA) is 109 Å². The third-order valence-corrected chi connectivity index (χ3v) is 44.5. The Balaban J connectivity index is 0.000000325. The molecular weight excluding hydrogens is 729 g/mol. The van der Waals surface area contributed by atoms with Gasteiger partial charge in [0.25, 0.3) is 0 Å². The monoisotopic (exact) mass is 796 g/mol. The van der Waals surface area contributed by atoms with Crippen LogP contribution in [0.3, 0.4) is 0 Å². The molecule has 52 heavy (non-hydrogen) atoms. The molecule has 0 aromatic heterocycles. The van der Waals surface area contributed by atoms with E-state index >= 15 is 0 Å². The number of benzene rings is 1. The molecule has 7 rings (SSSR count). The zero-order chi connectivity index (χ0) is 36.5. The Morgan fingerprint density at radius 1 is 0.481 bits per heavy atom. The molecule has 1 aromatic carbocycles. The van der Waals surface area contributed by atoms with Gasteiger partial charge >= 0.3 is 0 Å². The molecule has 6 aliphatic rings. The van der Waals surface area contributed by atoms with Gasteiger partial charge in [0.1, 0.15) is 42.9 Å². The third kappa shape index (κ3) is 15.6. The van der Waals surface area contributed by atoms with Gasteiger partial charge in [-0.1, -0.05) is 67.1 Å². The van der Waals surface area contributed by atoms with Crippen LogP contribution < -0.4 is 4.74 Å². The first-order valence-corrected chi connectivity index (χ1v) is 32.6. The highest BCUT2D eigenvalue weighted by Crippen LogP contribution is 2.46. The minimum Gasteiger partial charge on any atom is -0.491 e. The number of hydrogen-bond donors (Lipinski definition) is 0. The van der Waals surface area contributed by atoms with Gasteiger partial charge in [0.05, 0.1) is 59.5 Å². The number of hydrogen-bond acceptors (Lipinski definition) is 10. The van der Waals surface area contributed by atoms with Gasteiger partial charge in [-0.05, 0) is 42.7 Å². The molecule has 0 amide bonds. The molecule has 0 aliphatic carbocycles. The minimum atomic E-state index is -1.52. The molecular formula is C38H68O10Si4. The average molecular weight is 797 g/mol. The quantitative estimate of drug-likeness (QED) is 0.0755. The molecule has 6 fully saturated rings. The summed E-state index contributed by atoms with van der Waals surface area (Å²) in [6.45, 7) is 24.8. The zero-order valence-electron chi connectivity index (χ0n) is 32.8. The fourth-order valence-corrected chi connectivity index (χ4v) is 56.6. The summed E-state index contributed by atoms with van der Waals surface area (Å²) >= 11 is 0. The van der Waals surface area contributed by atoms with Crippen LogP contribution in [-0.4, -0.2) is 155 Å². The average Bonchev–Trinajstić information content (AvgIpc) is 3.87. The molecule has 6 heterocycles. The summed E-state index contributed by atoms with van der Waals surface area (Å²) in [6.07, 6.45) is 1.75. The van der Waals surface area contributed by atoms with Crippen LogP contribution in [0, 0.1) is 6.92 Å². The SMILES string of the molecule is C[Si]1(CCOCC2CO2)C[Si](C)(CCOCC2CO2)C[Si](C)(CCOCC2CO2)C[Si](C)(CCOCC2CO2)C1.Cc1ccccc1OCC1CO1. The Hall–Kier alpha value is -0.472. The van der Waals surface area contributed by atoms with Crippen LogP contribution in [0.25, 0.3) is 0 Å². The summed E-state index contributed by atoms with van der Waals surface area (Å²) < 4.78 is 56.9. The Morgan fingerprint density at radius 3 is 1.06 bits per heavy atom. The van der Waals surface area contributed by atoms with Gasteiger partial charge in [-0.2, -0.15) is 0 Å². The largest absolute Gasteiger partial charge is 0.491 e. The van der Waals surface area contributed by atoms with E-state index in [1.54, 1.807) is 0 Å². The van der Waals surface area contributed by atoms with Crippen molar-refractivity contribution < 1.29 is 47.4 Å². The maximum atomic E-state index is 6.17. The van der Waals surface area contributed by atoms with E-state index in [0.717, 1.165) is 91.6 Å². The number of aryl methyl sites for hydroxylation is 1. The maximum absolute atomic E-state index is 6.17. The summed E-state index contributed by atoms with van der Waals surface area (Å²) in [7, 11) is -6.07. The maximum Gasteiger partial charge on any atom is 0.122 e. The van der Waals surface area contributed by atoms with Gasteiger partial charge in [0, 0.05) is 58.7 Å². The second-order valence-corrected chi connectivity index (χ2v) is 40.2. The van der Waals surface area contributed by atoms with Crippen LogP contribution >= 0.6 is 0 Å². The van der Waals surface area contributed by atoms with Gasteiger partial charge in [0.2, 0.25) is 0 Å². The first-order chi connectivity index (χ1) is 25.0. The number of rotatable bonds is 23. The van der Waals surface area contributed by atoms with E-state index in [9.17, 15) is 0 Å². The third-order valence-electron chi connectivity index (χ3n) is 11.6. The van der Waals surface area contributed by atoms with E-state index in [0.29, 0.717) is 37.1 Å². The predicted octanol–water partition coefficient (Wildman–Crippen LogP) is 5.91. The minimum absolute atomic E-state index is 0.338. The highest BCUT2D eigenvalue weighted by Gasteiger charge is 2.51. The van der Waals surface area contributed by atoms with E-state index < -0.39 is 32.3 Å². The lowest BCUT2D eigenvalue weighted by molar-refractivity contribution is 0.126. The zero-order valence-corrected chi connectivity index (χ0v) is 36.8. The molecule has 0 saturated carbocycles. The molecule has 5 atom stereocenters. The van der Waals surface area contributed by atoms with Gasteiger partial charge < -0.3 is 47.4 Å². The molecule has 0 radical (unpaired) electrons. The van der Waals surface area contributed by atoms with Gasteiger partial charge in [-0.15, -0.1) is 0 Å². The summed E-state index contributed by atoms with van der Waals surface area (Å²) in [5.41, 5.74) is 7.26. The van der Waals surface area contributed by atoms with Crippen molar-refractivity contribution in [2.45, 2.75) is 110 Å². The molecule has 296 valence electrons. The van der Waals surface area contributed by atoms with Crippen LogP contribution in [0.4, 0.5) is 0 Å². The summed E-state index contributed by atoms with van der Waals surface area (Å²) in [4.78, 5) is 0. The van der Waals surface area contributed by atoms with Crippen molar-refractivity contribution in [1.29, 1.82) is 0 Å². The number of ether oxygens (including phenoxy) is 10. The second-order valence-electron chi connectivity index (χ2n) is 18.1. The van der Waals surface area contributed by atoms with Crippen molar-refractivity contribution >= 4 is 32.3 Å². The lowest BCUT2D eigenvalue weighted by atomic mass is 10.2. The summed E-state index contributed by atoms with van der Waals surface area (Å²) in [5, 5.41) is 0. The van der Waals surface area contributed by atoms with Crippen LogP contribution in [-0.2, 0) is 42.6 Å². The van der Waals surface area contributed by atoms with Gasteiger partial charge in [0.15, 0.2) is 0 Å². The van der Waals surface area contributed by atoms with Crippen LogP contribution in [0.15, 0.2) is 24.3 Å². The Bertz CT molecular complexity index is 1090. The molecule has 0 N–H and O–H groups in total. The normalized spacial score (nSPS) is 37.3. The fraction of sp³-hybridized carbons (Fsp3) is 0.842. The Kier molecular flexibility index (Phi) is 15.1. The Morgan fingerprint density at radius 2 is 0.769 bits per heavy atom. The van der Waals surface area contributed by atoms with Crippen molar-refractivity contribution in [1.82, 2.24) is 0 Å². The molecule has 6 saturated heterocycles. The lowest BCUT2D eigenvalue weighted by Crippen LogP contribution is -2.60. The van der Waals surface area contributed by atoms with Crippen molar-refractivity contribution in [3.05, 3.63) is 29.8 Å². The summed E-state index contributed by atoms with van der Waals surface area (Å²) in [5.74, 6) is 0.966. The van der Waals surface area contributed by atoms with Crippen molar-refractivity contribution in [3.63, 3.8) is 0 Å². The van der Waals surface area contributed by atoms with E-state index in [1.807, 2.05) is 31.2 Å². The predicted molar refractivity (Wildman–Crippen MR) is 214 cm³/mol. The number of epoxide rings is 5. The van der Waals surface area contributed by atoms with Gasteiger partial charge in [-0.25, -0.2) is 0 Å². The first-order valence-electron chi connectivity index (χ1n) is 20.1. The molecule has 14 heteroatoms. The van der Waals surface area contributed by atoms with Crippen LogP contribution in [0.5, 0.6) is 5.75 Å². The van der Waals surface area contributed by atoms with E-state index in [1.165, 1.54) is 52.4 Å². The molecule has 10 nitrogen and oxygen atoms in total. The molecule has 1 aromatic rings. The van der Waals surface area contributed by atoms with Crippen molar-refractivity contribution in [3.8, 4) is 5.75 Å². The molecule has 6 aliphatic heterocycles. The van der Waals surface area contributed by atoms with Gasteiger partial charge in [-0.3, -0.25) is 0 Å². The first kappa shape index (κ1) is 41.2. The van der Waals surface area contributed by atoms with E-state index in [4.69, 9.17) is 47.4 Å². The fourth-order valence-electron chi connectivity index (χ4n) is 8.93. The number of para-hydroxylation sites is 1. The van der Waals surface area contributed by atoms with E-state index in [2.05, 4.69) is 26.2 Å². The van der Waals surface area contributed by atoms with Crippen molar-refractivity contribution in [2.24, 2.45) is 0 Å². The molecule has 0 bridgehead atoms. The highest BCUT2D eigenvalue weighted by atomic mass is 28.5. The molecule has 5 unspecified atom stereocenters. The Labute approximate surface area is 317 Å². The van der Waals surface area contributed by atoms with E-state index in [-0.39, 0.29) is 0 Å².